The largest absolute Gasteiger partial charge is 0.337 e. The second kappa shape index (κ2) is 5.20. The van der Waals surface area contributed by atoms with Crippen LogP contribution in [0, 0.1) is 12.7 Å². The van der Waals surface area contributed by atoms with E-state index in [0.29, 0.717) is 36.1 Å². The van der Waals surface area contributed by atoms with Gasteiger partial charge in [-0.1, -0.05) is 5.16 Å². The second-order valence-corrected chi connectivity index (χ2v) is 4.80. The molecule has 0 spiro atoms. The van der Waals surface area contributed by atoms with Gasteiger partial charge < -0.3 is 9.09 Å². The zero-order valence-corrected chi connectivity index (χ0v) is 11.6. The molecule has 3 rings (SSSR count). The molecule has 3 aromatic rings. The lowest BCUT2D eigenvalue weighted by molar-refractivity contribution is 0.367. The summed E-state index contributed by atoms with van der Waals surface area (Å²) in [6.45, 7) is 2.10. The van der Waals surface area contributed by atoms with Crippen molar-refractivity contribution in [3.05, 3.63) is 41.6 Å². The Hall–Kier alpha value is -1.95. The molecule has 0 aliphatic rings. The van der Waals surface area contributed by atoms with Gasteiger partial charge in [0, 0.05) is 12.3 Å². The van der Waals surface area contributed by atoms with E-state index in [9.17, 15) is 4.39 Å². The van der Waals surface area contributed by atoms with Crippen LogP contribution in [0.3, 0.4) is 0 Å². The van der Waals surface area contributed by atoms with Crippen molar-refractivity contribution >= 4 is 22.6 Å². The number of nitrogens with zero attached hydrogens (tertiary/aromatic N) is 4. The summed E-state index contributed by atoms with van der Waals surface area (Å²) in [5, 5.41) is 3.75. The first kappa shape index (κ1) is 13.1. The van der Waals surface area contributed by atoms with E-state index in [2.05, 4.69) is 15.1 Å². The zero-order valence-electron chi connectivity index (χ0n) is 10.8. The van der Waals surface area contributed by atoms with Crippen LogP contribution in [0.1, 0.15) is 17.5 Å². The molecule has 7 heteroatoms. The number of aryl methyl sites for hydroxylation is 2. The maximum absolute atomic E-state index is 13.4. The van der Waals surface area contributed by atoms with Gasteiger partial charge in [-0.05, 0) is 25.1 Å². The number of alkyl halides is 1. The summed E-state index contributed by atoms with van der Waals surface area (Å²) < 4.78 is 20.4. The van der Waals surface area contributed by atoms with Crippen molar-refractivity contribution in [1.29, 1.82) is 0 Å². The molecule has 0 amide bonds. The Bertz CT molecular complexity index is 752. The zero-order chi connectivity index (χ0) is 14.1. The molecule has 0 saturated carbocycles. The number of benzene rings is 1. The molecule has 104 valence electrons. The van der Waals surface area contributed by atoms with Crippen LogP contribution < -0.4 is 0 Å². The van der Waals surface area contributed by atoms with Crippen LogP contribution in [0.15, 0.2) is 22.7 Å². The Kier molecular flexibility index (Phi) is 3.40. The van der Waals surface area contributed by atoms with Gasteiger partial charge in [0.2, 0.25) is 5.89 Å². The first-order valence-electron chi connectivity index (χ1n) is 6.17. The first-order chi connectivity index (χ1) is 9.67. The maximum atomic E-state index is 13.4. The Balaban J connectivity index is 2.09. The molecule has 0 aliphatic carbocycles. The van der Waals surface area contributed by atoms with Gasteiger partial charge in [-0.3, -0.25) is 0 Å². The smallest absolute Gasteiger partial charge is 0.246 e. The number of fused-ring (bicyclic) bond motifs is 1. The van der Waals surface area contributed by atoms with Crippen LogP contribution >= 0.6 is 11.6 Å². The topological polar surface area (TPSA) is 56.7 Å². The minimum absolute atomic E-state index is 0.308. The third kappa shape index (κ3) is 2.38. The minimum atomic E-state index is -0.308. The molecule has 5 nitrogen and oxygen atoms in total. The molecule has 20 heavy (non-hydrogen) atoms. The third-order valence-corrected chi connectivity index (χ3v) is 3.16. The van der Waals surface area contributed by atoms with Crippen LogP contribution in [0.4, 0.5) is 4.39 Å². The molecule has 0 aliphatic heterocycles. The number of hydrogen-bond donors (Lipinski definition) is 0. The van der Waals surface area contributed by atoms with Crippen LogP contribution in [0.25, 0.3) is 11.0 Å². The third-order valence-electron chi connectivity index (χ3n) is 2.97. The Morgan fingerprint density at radius 2 is 2.20 bits per heavy atom. The van der Waals surface area contributed by atoms with Gasteiger partial charge in [0.05, 0.1) is 11.0 Å². The summed E-state index contributed by atoms with van der Waals surface area (Å²) in [5.41, 5.74) is 1.42. The Labute approximate surface area is 119 Å². The Morgan fingerprint density at radius 3 is 2.90 bits per heavy atom. The van der Waals surface area contributed by atoms with Crippen molar-refractivity contribution in [3.63, 3.8) is 0 Å². The second-order valence-electron chi connectivity index (χ2n) is 4.42. The van der Waals surface area contributed by atoms with Gasteiger partial charge in [-0.15, -0.1) is 11.6 Å². The molecular formula is C13H12ClFN4O. The summed E-state index contributed by atoms with van der Waals surface area (Å²) >= 11 is 5.80. The van der Waals surface area contributed by atoms with Gasteiger partial charge >= 0.3 is 0 Å². The molecule has 0 N–H and O–H groups in total. The summed E-state index contributed by atoms with van der Waals surface area (Å²) in [5.74, 6) is 1.93. The van der Waals surface area contributed by atoms with Crippen molar-refractivity contribution in [3.8, 4) is 0 Å². The first-order valence-corrected chi connectivity index (χ1v) is 6.70. The van der Waals surface area contributed by atoms with Gasteiger partial charge in [0.1, 0.15) is 18.2 Å². The van der Waals surface area contributed by atoms with E-state index in [4.69, 9.17) is 16.1 Å². The van der Waals surface area contributed by atoms with Crippen LogP contribution in [-0.2, 0) is 13.0 Å². The highest BCUT2D eigenvalue weighted by molar-refractivity contribution is 6.17. The standard InChI is InChI=1S/C13H12ClFN4O/c1-8-16-13(20-18-8)7-19-11-6-9(15)2-3-10(11)17-12(19)4-5-14/h2-3,6H,4-5,7H2,1H3. The highest BCUT2D eigenvalue weighted by atomic mass is 35.5. The van der Waals surface area contributed by atoms with E-state index < -0.39 is 0 Å². The van der Waals surface area contributed by atoms with Gasteiger partial charge in [0.15, 0.2) is 5.82 Å². The predicted octanol–water partition coefficient (Wildman–Crippen LogP) is 2.70. The molecule has 2 heterocycles. The number of imidazole rings is 1. The molecule has 2 aromatic heterocycles. The average Bonchev–Trinajstić information content (AvgIpc) is 2.96. The van der Waals surface area contributed by atoms with Crippen LogP contribution in [0.5, 0.6) is 0 Å². The maximum Gasteiger partial charge on any atom is 0.246 e. The fraction of sp³-hybridized carbons (Fsp3) is 0.308. The van der Waals surface area contributed by atoms with E-state index in [1.165, 1.54) is 12.1 Å². The van der Waals surface area contributed by atoms with E-state index in [1.54, 1.807) is 13.0 Å². The van der Waals surface area contributed by atoms with Gasteiger partial charge in [-0.2, -0.15) is 4.98 Å². The van der Waals surface area contributed by atoms with Crippen molar-refractivity contribution in [2.24, 2.45) is 0 Å². The summed E-state index contributed by atoms with van der Waals surface area (Å²) in [6.07, 6.45) is 0.588. The lowest BCUT2D eigenvalue weighted by Gasteiger charge is -2.05. The summed E-state index contributed by atoms with van der Waals surface area (Å²) in [6, 6.07) is 4.49. The molecule has 0 radical (unpaired) electrons. The Morgan fingerprint density at radius 1 is 1.35 bits per heavy atom. The van der Waals surface area contributed by atoms with E-state index in [0.717, 1.165) is 11.3 Å². The molecule has 0 fully saturated rings. The summed E-state index contributed by atoms with van der Waals surface area (Å²) in [7, 11) is 0. The SMILES string of the molecule is Cc1noc(Cn2c(CCCl)nc3ccc(F)cc32)n1. The molecule has 0 atom stereocenters. The van der Waals surface area contributed by atoms with Crippen molar-refractivity contribution in [2.45, 2.75) is 19.9 Å². The fourth-order valence-electron chi connectivity index (χ4n) is 2.14. The predicted molar refractivity (Wildman–Crippen MR) is 72.3 cm³/mol. The monoisotopic (exact) mass is 294 g/mol. The van der Waals surface area contributed by atoms with Crippen molar-refractivity contribution in [2.75, 3.05) is 5.88 Å². The lowest BCUT2D eigenvalue weighted by Crippen LogP contribution is -2.06. The van der Waals surface area contributed by atoms with E-state index in [-0.39, 0.29) is 5.82 Å². The number of hydrogen-bond acceptors (Lipinski definition) is 4. The normalized spacial score (nSPS) is 11.3. The quantitative estimate of drug-likeness (QED) is 0.694. The molecule has 0 unspecified atom stereocenters. The average molecular weight is 295 g/mol. The molecule has 0 bridgehead atoms. The molecule has 0 saturated heterocycles. The highest BCUT2D eigenvalue weighted by Gasteiger charge is 2.14. The molecule has 1 aromatic carbocycles. The summed E-state index contributed by atoms with van der Waals surface area (Å²) in [4.78, 5) is 8.63. The van der Waals surface area contributed by atoms with E-state index in [1.807, 2.05) is 4.57 Å². The number of rotatable bonds is 4. The number of aromatic nitrogens is 4. The van der Waals surface area contributed by atoms with Crippen LogP contribution in [-0.4, -0.2) is 25.6 Å². The van der Waals surface area contributed by atoms with Crippen LogP contribution in [0.2, 0.25) is 0 Å². The van der Waals surface area contributed by atoms with E-state index >= 15 is 0 Å². The fourth-order valence-corrected chi connectivity index (χ4v) is 2.31. The van der Waals surface area contributed by atoms with Crippen molar-refractivity contribution < 1.29 is 8.91 Å². The molecular weight excluding hydrogens is 283 g/mol. The number of halogens is 2. The highest BCUT2D eigenvalue weighted by Crippen LogP contribution is 2.19. The van der Waals surface area contributed by atoms with Gasteiger partial charge in [0.25, 0.3) is 0 Å². The minimum Gasteiger partial charge on any atom is -0.337 e. The lowest BCUT2D eigenvalue weighted by atomic mass is 10.3. The van der Waals surface area contributed by atoms with Crippen molar-refractivity contribution in [1.82, 2.24) is 19.7 Å². The van der Waals surface area contributed by atoms with Gasteiger partial charge in [-0.25, -0.2) is 9.37 Å².